The number of carbonyl (C=O) groups excluding carboxylic acids is 2. The summed E-state index contributed by atoms with van der Waals surface area (Å²) in [5.41, 5.74) is -0.302. The molecule has 4 N–H and O–H groups in total. The molecule has 77 heavy (non-hydrogen) atoms. The third-order valence-electron chi connectivity index (χ3n) is 14.2. The highest BCUT2D eigenvalue weighted by atomic mass is 32.5. The van der Waals surface area contributed by atoms with E-state index in [9.17, 15) is 24.1 Å². The van der Waals surface area contributed by atoms with Crippen molar-refractivity contribution in [1.82, 2.24) is 34.1 Å². The molecule has 10 atom stereocenters. The van der Waals surface area contributed by atoms with Gasteiger partial charge in [-0.05, 0) is 72.0 Å². The third kappa shape index (κ3) is 12.7. The number of aromatic nitrogens is 7. The molecule has 418 valence electrons. The highest BCUT2D eigenvalue weighted by Gasteiger charge is 2.57. The molecule has 3 saturated heterocycles. The van der Waals surface area contributed by atoms with E-state index in [1.165, 1.54) is 21.8 Å². The van der Waals surface area contributed by atoms with Gasteiger partial charge in [0.25, 0.3) is 11.5 Å². The topological polar surface area (TPSA) is 277 Å². The SMILES string of the molecule is [C-]#[N+]CCOP1(=S)OC[C@H]2O[C@@H](n3c(=O)sc4c(NC(=O)c5ccccc5)ncnc43)[C@H](O[Si](C)(C)C(C)(C)C)[C@@H]2OP(O)(=S)OC[C@H]2O[C@@H](n3cnc4c(=O)[nH]c(NC(=O)C(C)C)nc43)[C@H](O1)[C@@H]2O[Si](C)(C)C(C)(C)C. The monoisotopic (exact) mass is 1190 g/mol. The van der Waals surface area contributed by atoms with E-state index in [2.05, 4.69) is 40.4 Å². The Morgan fingerprint density at radius 1 is 0.909 bits per heavy atom. The van der Waals surface area contributed by atoms with Gasteiger partial charge in [-0.2, -0.15) is 4.98 Å². The summed E-state index contributed by atoms with van der Waals surface area (Å²) in [4.78, 5) is 89.7. The molecule has 0 radical (unpaired) electrons. The predicted octanol–water partition coefficient (Wildman–Crippen LogP) is 7.60. The summed E-state index contributed by atoms with van der Waals surface area (Å²) in [5.74, 6) is -1.39. The van der Waals surface area contributed by atoms with Crippen LogP contribution in [0.2, 0.25) is 36.3 Å². The number of anilines is 2. The van der Waals surface area contributed by atoms with Gasteiger partial charge >= 0.3 is 18.3 Å². The van der Waals surface area contributed by atoms with Crippen molar-refractivity contribution in [3.8, 4) is 0 Å². The Labute approximate surface area is 460 Å². The maximum atomic E-state index is 14.5. The number of amides is 2. The highest BCUT2D eigenvalue weighted by Crippen LogP contribution is 2.58. The van der Waals surface area contributed by atoms with Gasteiger partial charge in [-0.3, -0.25) is 47.7 Å². The van der Waals surface area contributed by atoms with E-state index in [1.807, 2.05) is 67.7 Å². The zero-order valence-corrected chi connectivity index (χ0v) is 50.8. The molecule has 7 heterocycles. The van der Waals surface area contributed by atoms with Crippen molar-refractivity contribution < 1.29 is 55.4 Å². The first-order valence-corrected chi connectivity index (χ1v) is 36.4. The van der Waals surface area contributed by atoms with Crippen LogP contribution >= 0.6 is 24.8 Å². The minimum atomic E-state index is -4.42. The lowest BCUT2D eigenvalue weighted by molar-refractivity contribution is -0.118. The van der Waals surface area contributed by atoms with Crippen molar-refractivity contribution in [1.29, 1.82) is 0 Å². The van der Waals surface area contributed by atoms with Crippen LogP contribution in [0.25, 0.3) is 26.4 Å². The van der Waals surface area contributed by atoms with Crippen molar-refractivity contribution >= 4 is 110 Å². The first kappa shape index (κ1) is 59.2. The van der Waals surface area contributed by atoms with Gasteiger partial charge in [0.15, 0.2) is 51.7 Å². The second kappa shape index (κ2) is 22.6. The van der Waals surface area contributed by atoms with E-state index in [4.69, 9.17) is 71.1 Å². The number of rotatable bonds is 13. The lowest BCUT2D eigenvalue weighted by atomic mass is 10.1. The van der Waals surface area contributed by atoms with Crippen LogP contribution in [0, 0.1) is 12.5 Å². The van der Waals surface area contributed by atoms with Crippen LogP contribution in [0.1, 0.15) is 78.2 Å². The second-order valence-electron chi connectivity index (χ2n) is 22.0. The molecule has 31 heteroatoms. The first-order chi connectivity index (χ1) is 35.9. The predicted molar refractivity (Wildman–Crippen MR) is 300 cm³/mol. The van der Waals surface area contributed by atoms with Crippen molar-refractivity contribution in [3.63, 3.8) is 0 Å². The van der Waals surface area contributed by atoms with Crippen molar-refractivity contribution in [2.75, 3.05) is 37.0 Å². The maximum absolute atomic E-state index is 14.5. The standard InChI is InChI=1S/C46H64N10O14P2S3Si2/c1-25(2)38(57)53-43-52-36-29(40(59)54-43)50-24-55(36)41-32-31(69-76(10,11)45(3,4)5)28(65-41)21-63-71(61,73)67-30-27(22-64-72(74,68-32)62-20-19-47-9)66-42(33(30)70-77(12,13)46(6,7)8)56-37-34(75-44(56)60)35(48-23-49-37)51-39(58)26-17-15-14-16-18-26/h14-18,23-25,27-28,30-33,41-42H,19-22H2,1-8,10-13H3,(H,61,73)(H,48,49,51,58)(H2,52,53,54,57,59)/t27-,28-,30-,31-,32-,33-,41-,42-,71?,72?/m1/s1. The fourth-order valence-corrected chi connectivity index (χ4v) is 15.0. The lowest BCUT2D eigenvalue weighted by Crippen LogP contribution is -2.50. The summed E-state index contributed by atoms with van der Waals surface area (Å²) in [6, 6.07) is 8.51. The van der Waals surface area contributed by atoms with Crippen LogP contribution in [-0.4, -0.2) is 130 Å². The number of carbonyl (C=O) groups is 2. The van der Waals surface area contributed by atoms with E-state index in [0.717, 1.165) is 11.3 Å². The fourth-order valence-electron chi connectivity index (χ4n) is 7.99. The molecule has 3 aliphatic rings. The Kier molecular flexibility index (Phi) is 17.4. The number of ether oxygens (including phenoxy) is 2. The van der Waals surface area contributed by atoms with Gasteiger partial charge in [0.05, 0.1) is 19.5 Å². The van der Waals surface area contributed by atoms with E-state index in [1.54, 1.807) is 44.2 Å². The largest absolute Gasteiger partial charge is 0.408 e. The second-order valence-corrected chi connectivity index (χ2v) is 38.2. The van der Waals surface area contributed by atoms with Gasteiger partial charge in [0, 0.05) is 11.5 Å². The van der Waals surface area contributed by atoms with Gasteiger partial charge in [-0.15, -0.1) is 0 Å². The van der Waals surface area contributed by atoms with Gasteiger partial charge in [0.2, 0.25) is 18.4 Å². The molecule has 1 aromatic carbocycles. The minimum absolute atomic E-state index is 0.00732. The smallest absolute Gasteiger partial charge is 0.328 e. The summed E-state index contributed by atoms with van der Waals surface area (Å²) >= 11 is 12.9. The number of nitrogens with one attached hydrogen (secondary N) is 3. The van der Waals surface area contributed by atoms with Crippen LogP contribution in [0.3, 0.4) is 0 Å². The van der Waals surface area contributed by atoms with Gasteiger partial charge < -0.3 is 47.0 Å². The number of H-pyrrole nitrogens is 1. The molecule has 24 nitrogen and oxygen atoms in total. The van der Waals surface area contributed by atoms with E-state index in [-0.39, 0.29) is 51.5 Å². The van der Waals surface area contributed by atoms with Gasteiger partial charge in [0.1, 0.15) is 54.3 Å². The zero-order chi connectivity index (χ0) is 56.2. The number of aromatic amines is 1. The lowest BCUT2D eigenvalue weighted by Gasteiger charge is -2.41. The van der Waals surface area contributed by atoms with Crippen LogP contribution in [0.5, 0.6) is 0 Å². The number of hydrogen-bond acceptors (Lipinski definition) is 20. The zero-order valence-electron chi connectivity index (χ0n) is 44.6. The molecule has 2 bridgehead atoms. The Hall–Kier alpha value is -3.90. The number of thiazole rings is 1. The quantitative estimate of drug-likeness (QED) is 0.0382. The summed E-state index contributed by atoms with van der Waals surface area (Å²) in [6.45, 7) is 21.3. The van der Waals surface area contributed by atoms with Crippen molar-refractivity contribution in [3.05, 3.63) is 80.0 Å². The Balaban J connectivity index is 1.24. The summed E-state index contributed by atoms with van der Waals surface area (Å²) in [6.07, 6.45) is -7.39. The molecule has 2 unspecified atom stereocenters. The van der Waals surface area contributed by atoms with Crippen LogP contribution in [0.4, 0.5) is 11.8 Å². The molecular weight excluding hydrogens is 1130 g/mol. The molecule has 0 spiro atoms. The van der Waals surface area contributed by atoms with Crippen molar-refractivity contribution in [2.24, 2.45) is 5.92 Å². The number of nitrogens with zero attached hydrogens (tertiary/aromatic N) is 7. The van der Waals surface area contributed by atoms with E-state index < -0.39 is 126 Å². The third-order valence-corrected chi connectivity index (χ3v) is 28.0. The van der Waals surface area contributed by atoms with E-state index >= 15 is 0 Å². The molecule has 0 saturated carbocycles. The van der Waals surface area contributed by atoms with Gasteiger partial charge in [-0.1, -0.05) is 84.9 Å². The van der Waals surface area contributed by atoms with Gasteiger partial charge in [-0.25, -0.2) is 21.5 Å². The van der Waals surface area contributed by atoms with Crippen LogP contribution in [-0.2, 0) is 69.4 Å². The summed E-state index contributed by atoms with van der Waals surface area (Å²) in [7, 11) is -5.71. The minimum Gasteiger partial charge on any atom is -0.408 e. The van der Waals surface area contributed by atoms with Crippen LogP contribution in [0.15, 0.2) is 52.6 Å². The summed E-state index contributed by atoms with van der Waals surface area (Å²) < 4.78 is 63.7. The number of fused-ring (bicyclic) bond motifs is 5. The molecular formula is C46H64N10O14P2S3Si2. The highest BCUT2D eigenvalue weighted by molar-refractivity contribution is 8.07. The van der Waals surface area contributed by atoms with Crippen molar-refractivity contribution in [2.45, 2.75) is 141 Å². The Morgan fingerprint density at radius 2 is 1.56 bits per heavy atom. The molecule has 0 aliphatic carbocycles. The summed E-state index contributed by atoms with van der Waals surface area (Å²) in [5, 5.41) is 4.63. The van der Waals surface area contributed by atoms with Crippen LogP contribution < -0.4 is 21.1 Å². The average Bonchev–Trinajstić information content (AvgIpc) is 4.08. The van der Waals surface area contributed by atoms with E-state index in [0.29, 0.717) is 5.56 Å². The molecule has 2 amide bonds. The fraction of sp³-hybridized carbons (Fsp3) is 0.587. The average molecular weight is 1200 g/mol. The maximum Gasteiger partial charge on any atom is 0.328 e. The number of imidazole rings is 1. The Morgan fingerprint density at radius 3 is 2.21 bits per heavy atom. The molecule has 4 aromatic heterocycles. The number of benzene rings is 1. The normalized spacial score (nSPS) is 27.6. The molecule has 5 aromatic rings. The molecule has 8 rings (SSSR count). The molecule has 3 aliphatic heterocycles. The molecule has 3 fully saturated rings. The first-order valence-electron chi connectivity index (χ1n) is 24.7. The Bertz CT molecular complexity index is 3290. The number of hydrogen-bond donors (Lipinski definition) is 4.